The van der Waals surface area contributed by atoms with Gasteiger partial charge in [0.15, 0.2) is 11.8 Å². The SMILES string of the molecule is O=C(O)c1ccccc1C(=O)c1ccc([O-])c(N=NC2C(=O)N(c3ccccc3)N=C2c2ccccc2)c1.[Na+]. The fraction of sp³-hybridized carbons (Fsp3) is 0.0345. The number of hydrogen-bond acceptors (Lipinski definition) is 7. The standard InChI is InChI=1S/C29H20N4O5.Na/c34-24-16-15-19(27(35)21-13-7-8-14-22(21)29(37)38)17-23(24)30-31-26-25(18-9-3-1-4-10-18)32-33(28(26)36)20-11-5-2-6-12-20;/h1-17,26,34H,(H,37,38);/q;+1/p-1. The summed E-state index contributed by atoms with van der Waals surface area (Å²) in [5.74, 6) is -2.79. The monoisotopic (exact) mass is 526 g/mol. The van der Waals surface area contributed by atoms with Crippen molar-refractivity contribution in [3.63, 3.8) is 0 Å². The van der Waals surface area contributed by atoms with Gasteiger partial charge in [0.2, 0.25) is 0 Å². The number of hydrazone groups is 1. The van der Waals surface area contributed by atoms with Gasteiger partial charge in [-0.15, -0.1) is 0 Å². The van der Waals surface area contributed by atoms with Gasteiger partial charge >= 0.3 is 35.5 Å². The molecule has 4 aromatic carbocycles. The summed E-state index contributed by atoms with van der Waals surface area (Å²) in [6, 6.07) is 26.3. The molecule has 1 N–H and O–H groups in total. The molecular formula is C29H19N4NaO5. The zero-order chi connectivity index (χ0) is 26.6. The van der Waals surface area contributed by atoms with Crippen LogP contribution >= 0.6 is 0 Å². The number of carboxylic acids is 1. The molecular weight excluding hydrogens is 507 g/mol. The van der Waals surface area contributed by atoms with E-state index in [2.05, 4.69) is 15.3 Å². The molecule has 1 unspecified atom stereocenters. The van der Waals surface area contributed by atoms with Crippen molar-refractivity contribution in [1.29, 1.82) is 0 Å². The first kappa shape index (κ1) is 27.6. The van der Waals surface area contributed by atoms with Crippen LogP contribution < -0.4 is 39.7 Å². The van der Waals surface area contributed by atoms with Crippen LogP contribution in [0.5, 0.6) is 5.75 Å². The van der Waals surface area contributed by atoms with Gasteiger partial charge in [0, 0.05) is 16.7 Å². The third-order valence-corrected chi connectivity index (χ3v) is 5.88. The first-order chi connectivity index (χ1) is 18.4. The van der Waals surface area contributed by atoms with Gasteiger partial charge < -0.3 is 10.2 Å². The van der Waals surface area contributed by atoms with E-state index in [1.54, 1.807) is 42.5 Å². The van der Waals surface area contributed by atoms with E-state index >= 15 is 0 Å². The summed E-state index contributed by atoms with van der Waals surface area (Å²) in [5, 5.41) is 36.0. The van der Waals surface area contributed by atoms with Gasteiger partial charge in [0.1, 0.15) is 5.71 Å². The molecule has 1 amide bonds. The van der Waals surface area contributed by atoms with Crippen LogP contribution in [0.2, 0.25) is 0 Å². The molecule has 0 aliphatic carbocycles. The molecule has 1 atom stereocenters. The molecule has 1 aliphatic rings. The Kier molecular flexibility index (Phi) is 8.46. The van der Waals surface area contributed by atoms with Gasteiger partial charge in [-0.1, -0.05) is 84.6 Å². The Morgan fingerprint density at radius 3 is 2.13 bits per heavy atom. The van der Waals surface area contributed by atoms with Gasteiger partial charge in [-0.2, -0.15) is 20.3 Å². The molecule has 5 rings (SSSR count). The number of aromatic carboxylic acids is 1. The normalized spacial score (nSPS) is 14.7. The Labute approximate surface area is 245 Å². The molecule has 9 nitrogen and oxygen atoms in total. The number of hydrogen-bond donors (Lipinski definition) is 1. The Morgan fingerprint density at radius 2 is 1.46 bits per heavy atom. The van der Waals surface area contributed by atoms with Crippen LogP contribution in [0.25, 0.3) is 0 Å². The maximum Gasteiger partial charge on any atom is 1.00 e. The van der Waals surface area contributed by atoms with Crippen LogP contribution in [0.1, 0.15) is 31.8 Å². The minimum Gasteiger partial charge on any atom is -0.871 e. The zero-order valence-electron chi connectivity index (χ0n) is 20.8. The largest absolute Gasteiger partial charge is 1.00 e. The number of benzene rings is 4. The number of amides is 1. The van der Waals surface area contributed by atoms with E-state index in [4.69, 9.17) is 0 Å². The third-order valence-electron chi connectivity index (χ3n) is 5.88. The van der Waals surface area contributed by atoms with E-state index in [9.17, 15) is 24.6 Å². The molecule has 186 valence electrons. The Morgan fingerprint density at radius 1 is 0.846 bits per heavy atom. The van der Waals surface area contributed by atoms with Crippen LogP contribution in [0.3, 0.4) is 0 Å². The van der Waals surface area contributed by atoms with Crippen LogP contribution in [-0.2, 0) is 4.79 Å². The van der Waals surface area contributed by atoms with E-state index in [0.29, 0.717) is 17.0 Å². The molecule has 0 fully saturated rings. The second kappa shape index (κ2) is 12.0. The summed E-state index contributed by atoms with van der Waals surface area (Å²) < 4.78 is 0. The Balaban J connectivity index is 0.00000353. The predicted molar refractivity (Wildman–Crippen MR) is 138 cm³/mol. The van der Waals surface area contributed by atoms with Crippen molar-refractivity contribution in [2.75, 3.05) is 5.01 Å². The van der Waals surface area contributed by atoms with Gasteiger partial charge in [0.05, 0.1) is 16.9 Å². The molecule has 0 radical (unpaired) electrons. The van der Waals surface area contributed by atoms with Crippen molar-refractivity contribution in [1.82, 2.24) is 0 Å². The summed E-state index contributed by atoms with van der Waals surface area (Å²) in [5.41, 5.74) is 1.29. The van der Waals surface area contributed by atoms with Gasteiger partial charge in [-0.05, 0) is 24.3 Å². The quantitative estimate of drug-likeness (QED) is 0.222. The van der Waals surface area contributed by atoms with Crippen LogP contribution in [-0.4, -0.2) is 34.5 Å². The summed E-state index contributed by atoms with van der Waals surface area (Å²) in [4.78, 5) is 37.9. The Bertz CT molecular complexity index is 1610. The molecule has 39 heavy (non-hydrogen) atoms. The van der Waals surface area contributed by atoms with Gasteiger partial charge in [-0.3, -0.25) is 9.59 Å². The molecule has 0 bridgehead atoms. The molecule has 0 spiro atoms. The predicted octanol–water partition coefficient (Wildman–Crippen LogP) is 1.60. The number of carboxylic acid groups (broad SMARTS) is 1. The number of carbonyl (C=O) groups is 3. The van der Waals surface area contributed by atoms with Crippen molar-refractivity contribution in [3.8, 4) is 5.75 Å². The van der Waals surface area contributed by atoms with Crippen molar-refractivity contribution >= 4 is 34.7 Å². The number of carbonyl (C=O) groups excluding carboxylic acids is 2. The topological polar surface area (TPSA) is 135 Å². The zero-order valence-corrected chi connectivity index (χ0v) is 22.8. The summed E-state index contributed by atoms with van der Waals surface area (Å²) >= 11 is 0. The fourth-order valence-electron chi connectivity index (χ4n) is 4.01. The maximum absolute atomic E-state index is 13.3. The van der Waals surface area contributed by atoms with E-state index < -0.39 is 29.5 Å². The number of anilines is 1. The molecule has 4 aromatic rings. The Hall–Kier alpha value is -4.44. The summed E-state index contributed by atoms with van der Waals surface area (Å²) in [6.07, 6.45) is 0. The molecule has 10 heteroatoms. The molecule has 0 aromatic heterocycles. The second-order valence-electron chi connectivity index (χ2n) is 8.32. The van der Waals surface area contributed by atoms with Crippen LogP contribution in [0, 0.1) is 0 Å². The minimum absolute atomic E-state index is 0. The first-order valence-corrected chi connectivity index (χ1v) is 11.6. The second-order valence-corrected chi connectivity index (χ2v) is 8.32. The average molecular weight is 526 g/mol. The van der Waals surface area contributed by atoms with Gasteiger partial charge in [-0.25, -0.2) is 4.79 Å². The minimum atomic E-state index is -1.25. The fourth-order valence-corrected chi connectivity index (χ4v) is 4.01. The van der Waals surface area contributed by atoms with E-state index in [-0.39, 0.29) is 51.9 Å². The molecule has 1 heterocycles. The first-order valence-electron chi connectivity index (χ1n) is 11.6. The number of nitrogens with zero attached hydrogens (tertiary/aromatic N) is 4. The summed E-state index contributed by atoms with van der Waals surface area (Å²) in [7, 11) is 0. The molecule has 0 saturated carbocycles. The molecule has 0 saturated heterocycles. The maximum atomic E-state index is 13.3. The van der Waals surface area contributed by atoms with E-state index in [0.717, 1.165) is 6.07 Å². The van der Waals surface area contributed by atoms with Crippen molar-refractivity contribution in [2.45, 2.75) is 6.04 Å². The summed E-state index contributed by atoms with van der Waals surface area (Å²) in [6.45, 7) is 0. The van der Waals surface area contributed by atoms with E-state index in [1.165, 1.54) is 35.3 Å². The van der Waals surface area contributed by atoms with Crippen LogP contribution in [0.15, 0.2) is 118 Å². The van der Waals surface area contributed by atoms with E-state index in [1.807, 2.05) is 24.3 Å². The van der Waals surface area contributed by atoms with Crippen LogP contribution in [0.4, 0.5) is 11.4 Å². The van der Waals surface area contributed by atoms with Crippen molar-refractivity contribution < 1.29 is 54.2 Å². The third kappa shape index (κ3) is 5.70. The average Bonchev–Trinajstić information content (AvgIpc) is 3.29. The smallest absolute Gasteiger partial charge is 0.871 e. The molecule has 1 aliphatic heterocycles. The van der Waals surface area contributed by atoms with Gasteiger partial charge in [0.25, 0.3) is 5.91 Å². The number of azo groups is 1. The number of para-hydroxylation sites is 1. The number of rotatable bonds is 7. The van der Waals surface area contributed by atoms with Crippen molar-refractivity contribution in [3.05, 3.63) is 125 Å². The number of ketones is 1. The van der Waals surface area contributed by atoms with Crippen molar-refractivity contribution in [2.24, 2.45) is 15.3 Å².